The van der Waals surface area contributed by atoms with E-state index in [-0.39, 0.29) is 13.3 Å². The van der Waals surface area contributed by atoms with Crippen LogP contribution in [0.2, 0.25) is 0 Å². The first-order valence-electron chi connectivity index (χ1n) is 7.33. The van der Waals surface area contributed by atoms with Gasteiger partial charge in [-0.2, -0.15) is 0 Å². The molecule has 0 saturated heterocycles. The highest BCUT2D eigenvalue weighted by atomic mass is 14.5. The zero-order valence-electron chi connectivity index (χ0n) is 13.6. The van der Waals surface area contributed by atoms with E-state index in [0.717, 1.165) is 11.8 Å². The van der Waals surface area contributed by atoms with Gasteiger partial charge in [-0.1, -0.05) is 62.8 Å². The Labute approximate surface area is 112 Å². The minimum Gasteiger partial charge on any atom is -0.0776 e. The molecule has 1 saturated carbocycles. The van der Waals surface area contributed by atoms with Crippen molar-refractivity contribution in [3.63, 3.8) is 0 Å². The first-order valence-corrected chi connectivity index (χ1v) is 6.83. The summed E-state index contributed by atoms with van der Waals surface area (Å²) >= 11 is 0. The largest absolute Gasteiger partial charge is 0.0776 e. The highest BCUT2D eigenvalue weighted by Gasteiger charge is 2.45. The third-order valence-corrected chi connectivity index (χ3v) is 4.60. The predicted molar refractivity (Wildman–Crippen MR) is 80.2 cm³/mol. The molecular formula is C17H36. The minimum atomic E-state index is -0.274. The summed E-state index contributed by atoms with van der Waals surface area (Å²) in [5, 5.41) is 0. The van der Waals surface area contributed by atoms with Crippen molar-refractivity contribution in [2.45, 2.75) is 75.7 Å². The summed E-state index contributed by atoms with van der Waals surface area (Å²) in [6.07, 6.45) is 2.48. The molecule has 0 bridgehead atoms. The molecule has 2 atom stereocenters. The van der Waals surface area contributed by atoms with E-state index < -0.39 is 0 Å². The van der Waals surface area contributed by atoms with Gasteiger partial charge in [0.2, 0.25) is 0 Å². The van der Waals surface area contributed by atoms with Crippen LogP contribution in [-0.2, 0) is 0 Å². The molecule has 1 aliphatic rings. The summed E-state index contributed by atoms with van der Waals surface area (Å²) < 4.78 is 8.32. The molecule has 17 heavy (non-hydrogen) atoms. The fourth-order valence-electron chi connectivity index (χ4n) is 3.42. The SMILES string of the molecule is C.[3H]C(C)(C)C1CC(C(C)(C)C)C(C(C)(C)C)C1. The summed E-state index contributed by atoms with van der Waals surface area (Å²) in [7, 11) is 0. The van der Waals surface area contributed by atoms with Gasteiger partial charge in [0.25, 0.3) is 0 Å². The molecule has 0 spiro atoms. The Morgan fingerprint density at radius 3 is 1.35 bits per heavy atom. The highest BCUT2D eigenvalue weighted by Crippen LogP contribution is 2.54. The number of hydrogen-bond acceptors (Lipinski definition) is 0. The van der Waals surface area contributed by atoms with E-state index in [4.69, 9.17) is 1.37 Å². The van der Waals surface area contributed by atoms with E-state index in [9.17, 15) is 0 Å². The molecule has 2 unspecified atom stereocenters. The van der Waals surface area contributed by atoms with E-state index in [1.54, 1.807) is 0 Å². The summed E-state index contributed by atoms with van der Waals surface area (Å²) in [4.78, 5) is 0. The van der Waals surface area contributed by atoms with E-state index in [0.29, 0.717) is 16.7 Å². The van der Waals surface area contributed by atoms with Crippen molar-refractivity contribution in [1.29, 1.82) is 0 Å². The molecule has 0 radical (unpaired) electrons. The average Bonchev–Trinajstić information content (AvgIpc) is 2.42. The van der Waals surface area contributed by atoms with Crippen LogP contribution in [0.4, 0.5) is 0 Å². The van der Waals surface area contributed by atoms with Crippen LogP contribution >= 0.6 is 0 Å². The first kappa shape index (κ1) is 15.1. The molecule has 0 nitrogen and oxygen atoms in total. The fraction of sp³-hybridized carbons (Fsp3) is 1.00. The predicted octanol–water partition coefficient (Wildman–Crippen LogP) is 6.01. The van der Waals surface area contributed by atoms with E-state index >= 15 is 0 Å². The molecule has 0 amide bonds. The second-order valence-electron chi connectivity index (χ2n) is 8.19. The Balaban J connectivity index is 0.00000289. The fourth-order valence-corrected chi connectivity index (χ4v) is 3.42. The van der Waals surface area contributed by atoms with Crippen molar-refractivity contribution in [3.05, 3.63) is 0 Å². The number of rotatable bonds is 1. The second-order valence-corrected chi connectivity index (χ2v) is 8.19. The minimum absolute atomic E-state index is 0. The summed E-state index contributed by atoms with van der Waals surface area (Å²) in [5.41, 5.74) is 0.746. The average molecular weight is 242 g/mol. The molecule has 0 heterocycles. The van der Waals surface area contributed by atoms with Crippen LogP contribution in [0.3, 0.4) is 0 Å². The molecule has 0 N–H and O–H groups in total. The molecule has 0 aliphatic heterocycles. The Kier molecular flexibility index (Phi) is 4.72. The maximum atomic E-state index is 8.32. The molecule has 0 aromatic heterocycles. The van der Waals surface area contributed by atoms with Gasteiger partial charge in [-0.25, -0.2) is 0 Å². The molecule has 0 aromatic carbocycles. The molecule has 1 rings (SSSR count). The summed E-state index contributed by atoms with van der Waals surface area (Å²) in [5.74, 6) is 1.81. The lowest BCUT2D eigenvalue weighted by Crippen LogP contribution is -2.32. The van der Waals surface area contributed by atoms with Crippen LogP contribution in [-0.4, -0.2) is 0 Å². The van der Waals surface area contributed by atoms with E-state index in [2.05, 4.69) is 55.4 Å². The lowest BCUT2D eigenvalue weighted by Gasteiger charge is -2.39. The van der Waals surface area contributed by atoms with E-state index in [1.807, 2.05) is 0 Å². The van der Waals surface area contributed by atoms with E-state index in [1.165, 1.54) is 12.8 Å². The third-order valence-electron chi connectivity index (χ3n) is 4.60. The van der Waals surface area contributed by atoms with Crippen LogP contribution in [0.1, 0.15) is 77.0 Å². The smallest absolute Gasteiger partial charge is 0.0300 e. The molecule has 104 valence electrons. The highest BCUT2D eigenvalue weighted by molar-refractivity contribution is 4.95. The quantitative estimate of drug-likeness (QED) is 0.528. The van der Waals surface area contributed by atoms with Crippen molar-refractivity contribution < 1.29 is 1.37 Å². The van der Waals surface area contributed by atoms with Gasteiger partial charge in [-0.05, 0) is 47.3 Å². The van der Waals surface area contributed by atoms with Crippen molar-refractivity contribution in [1.82, 2.24) is 0 Å². The van der Waals surface area contributed by atoms with Gasteiger partial charge < -0.3 is 0 Å². The normalized spacial score (nSPS) is 32.0. The van der Waals surface area contributed by atoms with Crippen molar-refractivity contribution in [3.8, 4) is 0 Å². The van der Waals surface area contributed by atoms with Crippen LogP contribution < -0.4 is 0 Å². The van der Waals surface area contributed by atoms with Gasteiger partial charge in [0.15, 0.2) is 0 Å². The van der Waals surface area contributed by atoms with Crippen molar-refractivity contribution in [2.75, 3.05) is 0 Å². The van der Waals surface area contributed by atoms with Gasteiger partial charge >= 0.3 is 0 Å². The Morgan fingerprint density at radius 1 is 0.882 bits per heavy atom. The Hall–Kier alpha value is 0. The van der Waals surface area contributed by atoms with Crippen molar-refractivity contribution >= 4 is 0 Å². The van der Waals surface area contributed by atoms with Crippen LogP contribution in [0.5, 0.6) is 0 Å². The molecule has 1 fully saturated rings. The van der Waals surface area contributed by atoms with Gasteiger partial charge in [-0.3, -0.25) is 0 Å². The summed E-state index contributed by atoms with van der Waals surface area (Å²) in [6.45, 7) is 18.4. The first-order chi connectivity index (χ1) is 7.33. The standard InChI is InChI=1S/C16H32.CH4/c1-11(2)12-9-13(15(3,4)5)14(10-12)16(6,7)8;/h11-14H,9-10H2,1-8H3;1H4/i11T;. The van der Waals surface area contributed by atoms with Crippen LogP contribution in [0.25, 0.3) is 0 Å². The second kappa shape index (κ2) is 5.33. The molecule has 1 aliphatic carbocycles. The van der Waals surface area contributed by atoms with Gasteiger partial charge in [0.1, 0.15) is 0 Å². The maximum absolute atomic E-state index is 8.32. The van der Waals surface area contributed by atoms with Crippen LogP contribution in [0.15, 0.2) is 0 Å². The molecular weight excluding hydrogens is 204 g/mol. The van der Waals surface area contributed by atoms with Gasteiger partial charge in [0.05, 0.1) is 0 Å². The van der Waals surface area contributed by atoms with Crippen LogP contribution in [0, 0.1) is 34.5 Å². The molecule has 0 aromatic rings. The maximum Gasteiger partial charge on any atom is 0.0300 e. The zero-order chi connectivity index (χ0) is 13.6. The lowest BCUT2D eigenvalue weighted by atomic mass is 9.66. The molecule has 0 heteroatoms. The monoisotopic (exact) mass is 242 g/mol. The topological polar surface area (TPSA) is 0 Å². The Bertz CT molecular complexity index is 237. The summed E-state index contributed by atoms with van der Waals surface area (Å²) in [6, 6.07) is 0. The van der Waals surface area contributed by atoms with Crippen molar-refractivity contribution in [2.24, 2.45) is 34.5 Å². The third kappa shape index (κ3) is 4.00. The van der Waals surface area contributed by atoms with Gasteiger partial charge in [0, 0.05) is 1.37 Å². The van der Waals surface area contributed by atoms with Gasteiger partial charge in [-0.15, -0.1) is 0 Å². The zero-order valence-corrected chi connectivity index (χ0v) is 12.6. The lowest BCUT2D eigenvalue weighted by molar-refractivity contribution is 0.0992. The Morgan fingerprint density at radius 2 is 1.18 bits per heavy atom. The number of hydrogen-bond donors (Lipinski definition) is 0.